The van der Waals surface area contributed by atoms with Gasteiger partial charge in [0.05, 0.1) is 13.0 Å². The number of cyclic esters (lactones) is 1. The third-order valence-electron chi connectivity index (χ3n) is 4.67. The topological polar surface area (TPSA) is 43.4 Å². The zero-order valence-corrected chi connectivity index (χ0v) is 11.3. The number of esters is 1. The summed E-state index contributed by atoms with van der Waals surface area (Å²) < 4.78 is 5.12. The highest BCUT2D eigenvalue weighted by molar-refractivity contribution is 5.85. The van der Waals surface area contributed by atoms with Crippen molar-refractivity contribution < 1.29 is 14.3 Å². The van der Waals surface area contributed by atoms with Gasteiger partial charge in [-0.15, -0.1) is 0 Å². The average Bonchev–Trinajstić information content (AvgIpc) is 2.40. The van der Waals surface area contributed by atoms with Gasteiger partial charge in [-0.3, -0.25) is 9.59 Å². The maximum absolute atomic E-state index is 12.3. The Morgan fingerprint density at radius 1 is 1.11 bits per heavy atom. The van der Waals surface area contributed by atoms with Gasteiger partial charge in [-0.05, 0) is 31.1 Å². The van der Waals surface area contributed by atoms with Crippen LogP contribution in [0.3, 0.4) is 0 Å². The molecule has 1 heterocycles. The number of ether oxygens (including phenoxy) is 1. The van der Waals surface area contributed by atoms with Crippen LogP contribution in [0.1, 0.15) is 58.3 Å². The lowest BCUT2D eigenvalue weighted by Crippen LogP contribution is -2.34. The van der Waals surface area contributed by atoms with Crippen molar-refractivity contribution in [2.24, 2.45) is 17.8 Å². The van der Waals surface area contributed by atoms with Crippen LogP contribution >= 0.6 is 0 Å². The average molecular weight is 252 g/mol. The molecule has 0 aromatic rings. The quantitative estimate of drug-likeness (QED) is 0.673. The van der Waals surface area contributed by atoms with Gasteiger partial charge in [-0.1, -0.05) is 26.2 Å². The molecule has 2 fully saturated rings. The number of hydrogen-bond acceptors (Lipinski definition) is 3. The monoisotopic (exact) mass is 252 g/mol. The first-order valence-corrected chi connectivity index (χ1v) is 7.40. The van der Waals surface area contributed by atoms with Crippen LogP contribution < -0.4 is 0 Å². The predicted molar refractivity (Wildman–Crippen MR) is 69.0 cm³/mol. The lowest BCUT2D eigenvalue weighted by molar-refractivity contribution is -0.146. The van der Waals surface area contributed by atoms with Gasteiger partial charge in [-0.25, -0.2) is 0 Å². The van der Waals surface area contributed by atoms with Gasteiger partial charge < -0.3 is 4.74 Å². The Morgan fingerprint density at radius 3 is 2.72 bits per heavy atom. The van der Waals surface area contributed by atoms with Gasteiger partial charge in [0, 0.05) is 12.3 Å². The molecule has 18 heavy (non-hydrogen) atoms. The van der Waals surface area contributed by atoms with E-state index in [9.17, 15) is 9.59 Å². The van der Waals surface area contributed by atoms with E-state index in [1.165, 1.54) is 19.3 Å². The third-order valence-corrected chi connectivity index (χ3v) is 4.67. The highest BCUT2D eigenvalue weighted by Gasteiger charge is 2.36. The van der Waals surface area contributed by atoms with Crippen molar-refractivity contribution >= 4 is 11.8 Å². The fourth-order valence-corrected chi connectivity index (χ4v) is 3.69. The minimum absolute atomic E-state index is 0.204. The van der Waals surface area contributed by atoms with Crippen molar-refractivity contribution in [1.82, 2.24) is 0 Å². The van der Waals surface area contributed by atoms with E-state index in [0.717, 1.165) is 19.3 Å². The molecule has 3 heteroatoms. The molecule has 0 amide bonds. The fourth-order valence-electron chi connectivity index (χ4n) is 3.69. The Kier molecular flexibility index (Phi) is 4.79. The van der Waals surface area contributed by atoms with Crippen LogP contribution in [0.25, 0.3) is 0 Å². The van der Waals surface area contributed by atoms with Gasteiger partial charge in [0.1, 0.15) is 5.78 Å². The zero-order chi connectivity index (χ0) is 13.0. The second-order valence-corrected chi connectivity index (χ2v) is 5.70. The Bertz CT molecular complexity index is 311. The Labute approximate surface area is 109 Å². The van der Waals surface area contributed by atoms with Gasteiger partial charge in [0.15, 0.2) is 0 Å². The van der Waals surface area contributed by atoms with E-state index >= 15 is 0 Å². The van der Waals surface area contributed by atoms with E-state index in [1.54, 1.807) is 0 Å². The molecule has 1 aliphatic heterocycles. The molecule has 0 spiro atoms. The van der Waals surface area contributed by atoms with Crippen molar-refractivity contribution in [3.63, 3.8) is 0 Å². The molecular formula is C15H24O3. The second-order valence-electron chi connectivity index (χ2n) is 5.70. The van der Waals surface area contributed by atoms with Crippen molar-refractivity contribution in [2.45, 2.75) is 58.3 Å². The third kappa shape index (κ3) is 3.12. The summed E-state index contributed by atoms with van der Waals surface area (Å²) in [5.74, 6) is 1.55. The Balaban J connectivity index is 2.08. The first-order valence-electron chi connectivity index (χ1n) is 7.40. The summed E-state index contributed by atoms with van der Waals surface area (Å²) in [6, 6.07) is 0. The number of ketones is 1. The summed E-state index contributed by atoms with van der Waals surface area (Å²) >= 11 is 0. The number of carbonyl (C=O) groups excluding carboxylic acids is 2. The lowest BCUT2D eigenvalue weighted by atomic mass is 9.67. The van der Waals surface area contributed by atoms with Crippen LogP contribution in [0, 0.1) is 17.8 Å². The van der Waals surface area contributed by atoms with Gasteiger partial charge in [-0.2, -0.15) is 0 Å². The van der Waals surface area contributed by atoms with Crippen LogP contribution in [0.5, 0.6) is 0 Å². The molecule has 3 unspecified atom stereocenters. The summed E-state index contributed by atoms with van der Waals surface area (Å²) in [4.78, 5) is 23.6. The number of hydrogen-bond donors (Lipinski definition) is 0. The van der Waals surface area contributed by atoms with Gasteiger partial charge in [0.2, 0.25) is 0 Å². The first kappa shape index (κ1) is 13.6. The molecule has 3 nitrogen and oxygen atoms in total. The maximum Gasteiger partial charge on any atom is 0.306 e. The minimum Gasteiger partial charge on any atom is -0.466 e. The Morgan fingerprint density at radius 2 is 1.94 bits per heavy atom. The van der Waals surface area contributed by atoms with Crippen LogP contribution in [-0.4, -0.2) is 18.4 Å². The first-order chi connectivity index (χ1) is 8.72. The standard InChI is InChI=1S/C15H24O3/c1-2-11-5-3-6-13-12(11)7-4-10-18-15(17)9-8-14(13)16/h11-13H,2-10H2,1H3. The summed E-state index contributed by atoms with van der Waals surface area (Å²) in [6.07, 6.45) is 7.28. The van der Waals surface area contributed by atoms with Crippen LogP contribution in [-0.2, 0) is 14.3 Å². The van der Waals surface area contributed by atoms with E-state index in [0.29, 0.717) is 30.6 Å². The van der Waals surface area contributed by atoms with E-state index in [1.807, 2.05) is 0 Å². The smallest absolute Gasteiger partial charge is 0.306 e. The molecule has 0 N–H and O–H groups in total. The van der Waals surface area contributed by atoms with Crippen molar-refractivity contribution in [3.8, 4) is 0 Å². The molecule has 0 aromatic carbocycles. The highest BCUT2D eigenvalue weighted by Crippen LogP contribution is 2.40. The van der Waals surface area contributed by atoms with Crippen LogP contribution in [0.15, 0.2) is 0 Å². The summed E-state index contributed by atoms with van der Waals surface area (Å²) in [6.45, 7) is 2.77. The molecule has 0 bridgehead atoms. The van der Waals surface area contributed by atoms with Crippen molar-refractivity contribution in [3.05, 3.63) is 0 Å². The van der Waals surface area contributed by atoms with E-state index in [4.69, 9.17) is 4.74 Å². The Hall–Kier alpha value is -0.860. The second kappa shape index (κ2) is 6.35. The summed E-state index contributed by atoms with van der Waals surface area (Å²) in [5.41, 5.74) is 0. The number of fused-ring (bicyclic) bond motifs is 1. The molecule has 0 radical (unpaired) electrons. The minimum atomic E-state index is -0.204. The lowest BCUT2D eigenvalue weighted by Gasteiger charge is -2.37. The molecule has 2 aliphatic rings. The molecule has 3 atom stereocenters. The van der Waals surface area contributed by atoms with Crippen LogP contribution in [0.2, 0.25) is 0 Å². The van der Waals surface area contributed by atoms with E-state index < -0.39 is 0 Å². The summed E-state index contributed by atoms with van der Waals surface area (Å²) in [5, 5.41) is 0. The normalized spacial score (nSPS) is 34.6. The largest absolute Gasteiger partial charge is 0.466 e. The van der Waals surface area contributed by atoms with Crippen LogP contribution in [0.4, 0.5) is 0 Å². The predicted octanol–water partition coefficient (Wildman–Crippen LogP) is 3.12. The van der Waals surface area contributed by atoms with E-state index in [2.05, 4.69) is 6.92 Å². The van der Waals surface area contributed by atoms with Gasteiger partial charge in [0.25, 0.3) is 0 Å². The fraction of sp³-hybridized carbons (Fsp3) is 0.867. The molecular weight excluding hydrogens is 228 g/mol. The SMILES string of the molecule is CCC1CCCC2C(=O)CCC(=O)OCCCC12. The maximum atomic E-state index is 12.3. The highest BCUT2D eigenvalue weighted by atomic mass is 16.5. The van der Waals surface area contributed by atoms with Crippen molar-refractivity contribution in [2.75, 3.05) is 6.61 Å². The molecule has 102 valence electrons. The molecule has 0 aromatic heterocycles. The van der Waals surface area contributed by atoms with Gasteiger partial charge >= 0.3 is 5.97 Å². The number of rotatable bonds is 1. The van der Waals surface area contributed by atoms with Crippen molar-refractivity contribution in [1.29, 1.82) is 0 Å². The molecule has 2 rings (SSSR count). The molecule has 1 saturated heterocycles. The number of Topliss-reactive ketones (excluding diaryl/α,β-unsaturated/α-hetero) is 1. The summed E-state index contributed by atoms with van der Waals surface area (Å²) in [7, 11) is 0. The molecule has 1 aliphatic carbocycles. The van der Waals surface area contributed by atoms with E-state index in [-0.39, 0.29) is 18.3 Å². The zero-order valence-electron chi connectivity index (χ0n) is 11.3. The molecule has 1 saturated carbocycles. The number of carbonyl (C=O) groups is 2.